The summed E-state index contributed by atoms with van der Waals surface area (Å²) in [4.78, 5) is 6.80. The monoisotopic (exact) mass is 273 g/mol. The van der Waals surface area contributed by atoms with E-state index in [1.165, 1.54) is 0 Å². The minimum atomic E-state index is 0.655. The average Bonchev–Trinajstić information content (AvgIpc) is 2.91. The lowest BCUT2D eigenvalue weighted by Crippen LogP contribution is -2.21. The van der Waals surface area contributed by atoms with Crippen molar-refractivity contribution in [1.82, 2.24) is 10.3 Å². The second-order valence-corrected chi connectivity index (χ2v) is 5.50. The van der Waals surface area contributed by atoms with Crippen molar-refractivity contribution in [2.75, 3.05) is 18.5 Å². The third-order valence-electron chi connectivity index (χ3n) is 3.04. The normalized spacial score (nSPS) is 11.0. The Balaban J connectivity index is 1.94. The molecule has 0 aromatic carbocycles. The van der Waals surface area contributed by atoms with E-state index in [1.807, 2.05) is 19.2 Å². The molecule has 20 heavy (non-hydrogen) atoms. The standard InChI is InChI=1S/C16H23N3O/c1-13(2)9-17-10-15-5-4-6-16(18-15)19(3)11-14-7-8-20-12-14/h4-8,12-13,17H,9-11H2,1-3H3. The van der Waals surface area contributed by atoms with E-state index in [4.69, 9.17) is 4.42 Å². The second-order valence-electron chi connectivity index (χ2n) is 5.50. The number of nitrogens with zero attached hydrogens (tertiary/aromatic N) is 2. The molecule has 2 aromatic heterocycles. The van der Waals surface area contributed by atoms with Crippen LogP contribution in [-0.4, -0.2) is 18.6 Å². The summed E-state index contributed by atoms with van der Waals surface area (Å²) in [5.41, 5.74) is 2.22. The summed E-state index contributed by atoms with van der Waals surface area (Å²) in [5, 5.41) is 3.42. The maximum absolute atomic E-state index is 5.09. The van der Waals surface area contributed by atoms with Gasteiger partial charge >= 0.3 is 0 Å². The minimum absolute atomic E-state index is 0.655. The Kier molecular flexibility index (Phi) is 5.18. The lowest BCUT2D eigenvalue weighted by molar-refractivity contribution is 0.548. The van der Waals surface area contributed by atoms with E-state index in [-0.39, 0.29) is 0 Å². The summed E-state index contributed by atoms with van der Waals surface area (Å²) in [6, 6.07) is 8.12. The van der Waals surface area contributed by atoms with Crippen LogP contribution < -0.4 is 10.2 Å². The molecule has 2 heterocycles. The van der Waals surface area contributed by atoms with Crippen molar-refractivity contribution < 1.29 is 4.42 Å². The zero-order valence-electron chi connectivity index (χ0n) is 12.5. The van der Waals surface area contributed by atoms with Gasteiger partial charge in [0, 0.05) is 25.7 Å². The molecule has 108 valence electrons. The molecule has 0 unspecified atom stereocenters. The highest BCUT2D eigenvalue weighted by Gasteiger charge is 2.05. The van der Waals surface area contributed by atoms with Gasteiger partial charge in [0.15, 0.2) is 0 Å². The van der Waals surface area contributed by atoms with E-state index in [1.54, 1.807) is 12.5 Å². The highest BCUT2D eigenvalue weighted by atomic mass is 16.3. The van der Waals surface area contributed by atoms with Crippen LogP contribution in [0.15, 0.2) is 41.2 Å². The van der Waals surface area contributed by atoms with Gasteiger partial charge in [0.1, 0.15) is 5.82 Å². The van der Waals surface area contributed by atoms with Crippen molar-refractivity contribution in [2.24, 2.45) is 5.92 Å². The molecule has 0 radical (unpaired) electrons. The largest absolute Gasteiger partial charge is 0.472 e. The van der Waals surface area contributed by atoms with Crippen molar-refractivity contribution in [3.8, 4) is 0 Å². The topological polar surface area (TPSA) is 41.3 Å². The van der Waals surface area contributed by atoms with E-state index in [0.717, 1.165) is 36.7 Å². The van der Waals surface area contributed by atoms with Gasteiger partial charge in [-0.25, -0.2) is 4.98 Å². The summed E-state index contributed by atoms with van der Waals surface area (Å²) >= 11 is 0. The zero-order chi connectivity index (χ0) is 14.4. The van der Waals surface area contributed by atoms with E-state index >= 15 is 0 Å². The maximum Gasteiger partial charge on any atom is 0.128 e. The number of aromatic nitrogens is 1. The summed E-state index contributed by atoms with van der Waals surface area (Å²) in [6.07, 6.45) is 3.47. The first-order valence-electron chi connectivity index (χ1n) is 7.04. The van der Waals surface area contributed by atoms with Gasteiger partial charge in [-0.05, 0) is 30.7 Å². The molecule has 0 aliphatic heterocycles. The first-order chi connectivity index (χ1) is 9.65. The summed E-state index contributed by atoms with van der Waals surface area (Å²) in [6.45, 7) is 7.03. The molecule has 0 spiro atoms. The number of rotatable bonds is 7. The number of pyridine rings is 1. The van der Waals surface area contributed by atoms with Gasteiger partial charge in [-0.15, -0.1) is 0 Å². The molecule has 0 atom stereocenters. The van der Waals surface area contributed by atoms with Crippen LogP contribution in [0.4, 0.5) is 5.82 Å². The Bertz CT molecular complexity index is 508. The van der Waals surface area contributed by atoms with Crippen molar-refractivity contribution in [3.63, 3.8) is 0 Å². The molecule has 2 aromatic rings. The van der Waals surface area contributed by atoms with Crippen LogP contribution in [0.25, 0.3) is 0 Å². The predicted octanol–water partition coefficient (Wildman–Crippen LogP) is 3.06. The zero-order valence-corrected chi connectivity index (χ0v) is 12.5. The molecule has 1 N–H and O–H groups in total. The Hall–Kier alpha value is -1.81. The Labute approximate surface area is 120 Å². The molecule has 0 aliphatic rings. The minimum Gasteiger partial charge on any atom is -0.472 e. The van der Waals surface area contributed by atoms with Crippen LogP contribution in [0.3, 0.4) is 0 Å². The molecular weight excluding hydrogens is 250 g/mol. The smallest absolute Gasteiger partial charge is 0.128 e. The molecule has 2 rings (SSSR count). The maximum atomic E-state index is 5.09. The number of anilines is 1. The predicted molar refractivity (Wildman–Crippen MR) is 81.6 cm³/mol. The van der Waals surface area contributed by atoms with E-state index in [2.05, 4.69) is 41.2 Å². The van der Waals surface area contributed by atoms with Crippen LogP contribution >= 0.6 is 0 Å². The molecule has 0 aliphatic carbocycles. The number of nitrogens with one attached hydrogen (secondary N) is 1. The van der Waals surface area contributed by atoms with Gasteiger partial charge < -0.3 is 14.6 Å². The molecule has 0 amide bonds. The third kappa shape index (κ3) is 4.38. The first-order valence-corrected chi connectivity index (χ1v) is 7.04. The van der Waals surface area contributed by atoms with Gasteiger partial charge in [-0.1, -0.05) is 19.9 Å². The molecular formula is C16H23N3O. The quantitative estimate of drug-likeness (QED) is 0.842. The number of hydrogen-bond acceptors (Lipinski definition) is 4. The van der Waals surface area contributed by atoms with Crippen LogP contribution in [0.2, 0.25) is 0 Å². The lowest BCUT2D eigenvalue weighted by atomic mass is 10.2. The van der Waals surface area contributed by atoms with Crippen LogP contribution in [0, 0.1) is 5.92 Å². The summed E-state index contributed by atoms with van der Waals surface area (Å²) < 4.78 is 5.09. The SMILES string of the molecule is CC(C)CNCc1cccc(N(C)Cc2ccoc2)n1. The number of furan rings is 1. The highest BCUT2D eigenvalue weighted by Crippen LogP contribution is 2.13. The average molecular weight is 273 g/mol. The Morgan fingerprint density at radius 2 is 2.15 bits per heavy atom. The van der Waals surface area contributed by atoms with Gasteiger partial charge in [0.2, 0.25) is 0 Å². The number of hydrogen-bond donors (Lipinski definition) is 1. The fourth-order valence-corrected chi connectivity index (χ4v) is 2.00. The van der Waals surface area contributed by atoms with E-state index < -0.39 is 0 Å². The van der Waals surface area contributed by atoms with Crippen LogP contribution in [0.5, 0.6) is 0 Å². The lowest BCUT2D eigenvalue weighted by Gasteiger charge is -2.18. The van der Waals surface area contributed by atoms with Gasteiger partial charge in [-0.3, -0.25) is 0 Å². The Morgan fingerprint density at radius 3 is 2.85 bits per heavy atom. The van der Waals surface area contributed by atoms with Crippen LogP contribution in [-0.2, 0) is 13.1 Å². The molecule has 0 bridgehead atoms. The highest BCUT2D eigenvalue weighted by molar-refractivity contribution is 5.39. The van der Waals surface area contributed by atoms with Crippen molar-refractivity contribution in [3.05, 3.63) is 48.0 Å². The van der Waals surface area contributed by atoms with Gasteiger partial charge in [-0.2, -0.15) is 0 Å². The summed E-state index contributed by atoms with van der Waals surface area (Å²) in [7, 11) is 2.04. The van der Waals surface area contributed by atoms with Gasteiger partial charge in [0.05, 0.1) is 18.2 Å². The summed E-state index contributed by atoms with van der Waals surface area (Å²) in [5.74, 6) is 1.64. The molecule has 0 saturated heterocycles. The fourth-order valence-electron chi connectivity index (χ4n) is 2.00. The second kappa shape index (κ2) is 7.10. The van der Waals surface area contributed by atoms with Crippen molar-refractivity contribution in [2.45, 2.75) is 26.9 Å². The Morgan fingerprint density at radius 1 is 1.30 bits per heavy atom. The van der Waals surface area contributed by atoms with E-state index in [0.29, 0.717) is 5.92 Å². The van der Waals surface area contributed by atoms with E-state index in [9.17, 15) is 0 Å². The van der Waals surface area contributed by atoms with Crippen LogP contribution in [0.1, 0.15) is 25.1 Å². The first kappa shape index (κ1) is 14.6. The molecule has 4 nitrogen and oxygen atoms in total. The molecule has 0 saturated carbocycles. The fraction of sp³-hybridized carbons (Fsp3) is 0.438. The molecule has 4 heteroatoms. The van der Waals surface area contributed by atoms with Gasteiger partial charge in [0.25, 0.3) is 0 Å². The van der Waals surface area contributed by atoms with Crippen molar-refractivity contribution in [1.29, 1.82) is 0 Å². The third-order valence-corrected chi connectivity index (χ3v) is 3.04. The molecule has 0 fully saturated rings. The van der Waals surface area contributed by atoms with Crippen molar-refractivity contribution >= 4 is 5.82 Å².